The topological polar surface area (TPSA) is 58.6 Å². The van der Waals surface area contributed by atoms with Gasteiger partial charge in [0.1, 0.15) is 0 Å². The van der Waals surface area contributed by atoms with Crippen molar-refractivity contribution < 1.29 is 37.4 Å². The van der Waals surface area contributed by atoms with Gasteiger partial charge in [0.25, 0.3) is 7.82 Å². The molecule has 1 aromatic carbocycles. The summed E-state index contributed by atoms with van der Waals surface area (Å²) in [5.74, 6) is 0. The maximum Gasteiger partial charge on any atom is 1.00 e. The smallest absolute Gasteiger partial charge is 0.756 e. The zero-order chi connectivity index (χ0) is 24.0. The molecule has 0 radical (unpaired) electrons. The molecule has 1 rings (SSSR count). The third-order valence-corrected chi connectivity index (χ3v) is 7.89. The van der Waals surface area contributed by atoms with E-state index in [1.54, 1.807) is 0 Å². The Morgan fingerprint density at radius 1 is 0.676 bits per heavy atom. The maximum atomic E-state index is 11.4. The van der Waals surface area contributed by atoms with Crippen LogP contribution in [0.3, 0.4) is 0 Å². The Morgan fingerprint density at radius 3 is 1.50 bits per heavy atom. The summed E-state index contributed by atoms with van der Waals surface area (Å²) in [6.45, 7) is 0.353. The Morgan fingerprint density at radius 2 is 1.06 bits per heavy atom. The van der Waals surface area contributed by atoms with E-state index in [1.165, 1.54) is 99.0 Å². The molecule has 0 aliphatic heterocycles. The number of aryl methyl sites for hydroxylation is 1. The quantitative estimate of drug-likeness (QED) is 0.0475. The second-order valence-electron chi connectivity index (χ2n) is 8.84. The molecule has 8 heteroatoms. The first-order valence-electron chi connectivity index (χ1n) is 12.9. The zero-order valence-corrected chi connectivity index (χ0v) is 25.9. The van der Waals surface area contributed by atoms with E-state index in [-0.39, 0.29) is 32.1 Å². The van der Waals surface area contributed by atoms with E-state index in [0.717, 1.165) is 19.3 Å². The number of alkyl halides is 1. The van der Waals surface area contributed by atoms with Crippen molar-refractivity contribution in [3.63, 3.8) is 0 Å². The number of phosphoric ester groups is 1. The van der Waals surface area contributed by atoms with Gasteiger partial charge in [-0.05, 0) is 59.5 Å². The van der Waals surface area contributed by atoms with Gasteiger partial charge < -0.3 is 13.9 Å². The SMILES string of the molecule is O=P([O-])(OCCBr)OCCCCCCCCCCCCCCCCCCc1ccc(I)cc1.[Li+]. The van der Waals surface area contributed by atoms with Gasteiger partial charge in [-0.1, -0.05) is 118 Å². The summed E-state index contributed by atoms with van der Waals surface area (Å²) in [7, 11) is -4.09. The first-order valence-corrected chi connectivity index (χ1v) is 16.6. The second-order valence-corrected chi connectivity index (χ2v) is 12.3. The molecule has 1 unspecified atom stereocenters. The van der Waals surface area contributed by atoms with Crippen molar-refractivity contribution in [3.05, 3.63) is 33.4 Å². The van der Waals surface area contributed by atoms with Crippen LogP contribution < -0.4 is 23.8 Å². The van der Waals surface area contributed by atoms with Crippen LogP contribution in [0.25, 0.3) is 0 Å². The first-order chi connectivity index (χ1) is 16.0. The van der Waals surface area contributed by atoms with Crippen LogP contribution in [0.1, 0.15) is 108 Å². The van der Waals surface area contributed by atoms with Gasteiger partial charge in [-0.2, -0.15) is 0 Å². The Labute approximate surface area is 243 Å². The Kier molecular flexibility index (Phi) is 25.3. The molecule has 0 saturated carbocycles. The summed E-state index contributed by atoms with van der Waals surface area (Å²) in [5, 5.41) is 0.484. The van der Waals surface area contributed by atoms with Crippen LogP contribution in [-0.2, 0) is 20.0 Å². The number of hydrogen-bond donors (Lipinski definition) is 0. The summed E-state index contributed by atoms with van der Waals surface area (Å²) in [4.78, 5) is 11.4. The van der Waals surface area contributed by atoms with Crippen molar-refractivity contribution in [2.24, 2.45) is 0 Å². The van der Waals surface area contributed by atoms with Gasteiger partial charge in [-0.15, -0.1) is 0 Å². The first kappa shape index (κ1) is 35.1. The number of halogens is 2. The van der Waals surface area contributed by atoms with E-state index in [2.05, 4.69) is 67.3 Å². The molecule has 0 aromatic heterocycles. The van der Waals surface area contributed by atoms with Gasteiger partial charge >= 0.3 is 18.9 Å². The largest absolute Gasteiger partial charge is 1.00 e. The zero-order valence-electron chi connectivity index (χ0n) is 21.3. The van der Waals surface area contributed by atoms with Gasteiger partial charge in [0.15, 0.2) is 0 Å². The van der Waals surface area contributed by atoms with Gasteiger partial charge in [0, 0.05) is 8.90 Å². The summed E-state index contributed by atoms with van der Waals surface area (Å²) in [6, 6.07) is 8.94. The number of unbranched alkanes of at least 4 members (excludes halogenated alkanes) is 15. The second kappa shape index (κ2) is 24.5. The molecular formula is C26H44BrILiO4P. The molecule has 34 heavy (non-hydrogen) atoms. The van der Waals surface area contributed by atoms with E-state index >= 15 is 0 Å². The van der Waals surface area contributed by atoms with E-state index in [4.69, 9.17) is 4.52 Å². The fourth-order valence-corrected chi connectivity index (χ4v) is 5.43. The van der Waals surface area contributed by atoms with E-state index in [0.29, 0.717) is 5.33 Å². The van der Waals surface area contributed by atoms with Crippen molar-refractivity contribution in [3.8, 4) is 0 Å². The van der Waals surface area contributed by atoms with Crippen LogP contribution in [0.5, 0.6) is 0 Å². The fourth-order valence-electron chi connectivity index (χ4n) is 3.92. The maximum absolute atomic E-state index is 11.4. The molecule has 0 spiro atoms. The monoisotopic (exact) mass is 664 g/mol. The van der Waals surface area contributed by atoms with Crippen molar-refractivity contribution >= 4 is 46.3 Å². The van der Waals surface area contributed by atoms with Gasteiger partial charge in [0.2, 0.25) is 0 Å². The third-order valence-electron chi connectivity index (χ3n) is 5.85. The fraction of sp³-hybridized carbons (Fsp3) is 0.769. The minimum Gasteiger partial charge on any atom is -0.756 e. The molecule has 192 valence electrons. The van der Waals surface area contributed by atoms with Crippen LogP contribution in [0.4, 0.5) is 0 Å². The van der Waals surface area contributed by atoms with Crippen LogP contribution in [0, 0.1) is 3.57 Å². The number of phosphoric acid groups is 1. The van der Waals surface area contributed by atoms with Crippen molar-refractivity contribution in [2.75, 3.05) is 18.5 Å². The third kappa shape index (κ3) is 22.3. The molecular weight excluding hydrogens is 621 g/mol. The van der Waals surface area contributed by atoms with Crippen LogP contribution in [0.2, 0.25) is 0 Å². The summed E-state index contributed by atoms with van der Waals surface area (Å²) >= 11 is 5.49. The summed E-state index contributed by atoms with van der Waals surface area (Å²) in [5.41, 5.74) is 1.48. The molecule has 0 fully saturated rings. The minimum atomic E-state index is -4.09. The number of rotatable bonds is 23. The molecule has 0 N–H and O–H groups in total. The molecule has 0 bridgehead atoms. The Bertz CT molecular complexity index is 621. The average Bonchev–Trinajstić information content (AvgIpc) is 2.80. The molecule has 0 aliphatic carbocycles. The molecule has 0 heterocycles. The van der Waals surface area contributed by atoms with Crippen molar-refractivity contribution in [1.82, 2.24) is 0 Å². The van der Waals surface area contributed by atoms with Crippen LogP contribution >= 0.6 is 46.3 Å². The average molecular weight is 665 g/mol. The standard InChI is InChI=1S/C26H45BrIO4P.Li/c27-22-24-32-33(29,30)31-23-16-14-12-10-8-6-4-2-1-3-5-7-9-11-13-15-17-25-18-20-26(28)21-19-25;/h18-21H,1-17,22-24H2,(H,29,30);/q;+1/p-1. The van der Waals surface area contributed by atoms with Crippen LogP contribution in [0.15, 0.2) is 24.3 Å². The molecule has 0 saturated heterocycles. The Hall–Kier alpha value is 1.14. The van der Waals surface area contributed by atoms with E-state index in [9.17, 15) is 9.46 Å². The van der Waals surface area contributed by atoms with E-state index < -0.39 is 7.82 Å². The molecule has 0 aliphatic rings. The van der Waals surface area contributed by atoms with Gasteiger partial charge in [-0.3, -0.25) is 4.57 Å². The summed E-state index contributed by atoms with van der Waals surface area (Å²) < 4.78 is 22.2. The van der Waals surface area contributed by atoms with Crippen molar-refractivity contribution in [1.29, 1.82) is 0 Å². The Balaban J connectivity index is 0.0000109. The van der Waals surface area contributed by atoms with E-state index in [1.807, 2.05) is 0 Å². The van der Waals surface area contributed by atoms with Gasteiger partial charge in [0.05, 0.1) is 13.2 Å². The molecule has 1 aromatic rings. The molecule has 0 amide bonds. The number of benzene rings is 1. The van der Waals surface area contributed by atoms with Crippen LogP contribution in [-0.4, -0.2) is 18.5 Å². The number of hydrogen-bond acceptors (Lipinski definition) is 4. The predicted octanol–water partition coefficient (Wildman–Crippen LogP) is 5.98. The normalized spacial score (nSPS) is 12.9. The molecule has 1 atom stereocenters. The predicted molar refractivity (Wildman–Crippen MR) is 150 cm³/mol. The summed E-state index contributed by atoms with van der Waals surface area (Å²) in [6.07, 6.45) is 21.8. The molecule has 4 nitrogen and oxygen atoms in total. The minimum absolute atomic E-state index is 0. The van der Waals surface area contributed by atoms with Gasteiger partial charge in [-0.25, -0.2) is 0 Å². The van der Waals surface area contributed by atoms with Crippen molar-refractivity contribution in [2.45, 2.75) is 109 Å².